The van der Waals surface area contributed by atoms with Crippen molar-refractivity contribution < 1.29 is 9.59 Å². The van der Waals surface area contributed by atoms with Gasteiger partial charge in [0, 0.05) is 38.3 Å². The summed E-state index contributed by atoms with van der Waals surface area (Å²) in [6, 6.07) is 3.21. The lowest BCUT2D eigenvalue weighted by Gasteiger charge is -2.16. The largest absolute Gasteiger partial charge is 0.324 e. The van der Waals surface area contributed by atoms with Crippen LogP contribution in [0.4, 0.5) is 4.79 Å². The van der Waals surface area contributed by atoms with Crippen LogP contribution in [0.5, 0.6) is 0 Å². The molecule has 0 unspecified atom stereocenters. The van der Waals surface area contributed by atoms with Crippen molar-refractivity contribution >= 4 is 23.5 Å². The molecule has 6 heteroatoms. The molecule has 1 aromatic rings. The number of aromatic nitrogens is 1. The topological polar surface area (TPSA) is 62.3 Å². The summed E-state index contributed by atoms with van der Waals surface area (Å²) < 4.78 is 0. The lowest BCUT2D eigenvalue weighted by molar-refractivity contribution is -0.119. The van der Waals surface area contributed by atoms with Crippen LogP contribution in [-0.2, 0) is 11.3 Å². The second-order valence-corrected chi connectivity index (χ2v) is 3.89. The number of carbonyl (C=O) groups is 2. The summed E-state index contributed by atoms with van der Waals surface area (Å²) in [6.07, 6.45) is 3.46. The molecular weight excluding hydrogens is 242 g/mol. The van der Waals surface area contributed by atoms with Gasteiger partial charge in [-0.1, -0.05) is 6.07 Å². The molecule has 1 N–H and O–H groups in total. The molecule has 0 fully saturated rings. The van der Waals surface area contributed by atoms with Crippen molar-refractivity contribution in [3.05, 3.63) is 30.1 Å². The maximum atomic E-state index is 11.6. The maximum Gasteiger partial charge on any atom is 0.324 e. The Labute approximate surface area is 105 Å². The Hall–Kier alpha value is -1.62. The fraction of sp³-hybridized carbons (Fsp3) is 0.364. The summed E-state index contributed by atoms with van der Waals surface area (Å²) in [5, 5.41) is 2.24. The van der Waals surface area contributed by atoms with Gasteiger partial charge in [0.25, 0.3) is 0 Å². The van der Waals surface area contributed by atoms with Gasteiger partial charge in [0.15, 0.2) is 0 Å². The number of amides is 3. The first-order chi connectivity index (χ1) is 8.13. The highest BCUT2D eigenvalue weighted by molar-refractivity contribution is 6.19. The normalized spacial score (nSPS) is 9.76. The summed E-state index contributed by atoms with van der Waals surface area (Å²) in [5.41, 5.74) is 0.898. The number of halogens is 1. The van der Waals surface area contributed by atoms with E-state index in [1.807, 2.05) is 6.07 Å². The Morgan fingerprint density at radius 2 is 2.29 bits per heavy atom. The molecule has 0 bridgehead atoms. The third-order valence-electron chi connectivity index (χ3n) is 2.06. The molecule has 0 spiro atoms. The van der Waals surface area contributed by atoms with Crippen molar-refractivity contribution in [2.45, 2.75) is 13.0 Å². The minimum absolute atomic E-state index is 0.133. The van der Waals surface area contributed by atoms with E-state index in [1.54, 1.807) is 25.5 Å². The molecule has 1 heterocycles. The first-order valence-electron chi connectivity index (χ1n) is 5.13. The molecule has 0 atom stereocenters. The SMILES string of the molecule is CN(Cc1cccnc1)C(=O)NC(=O)CCCl. The minimum Gasteiger partial charge on any atom is -0.323 e. The van der Waals surface area contributed by atoms with Gasteiger partial charge < -0.3 is 4.90 Å². The fourth-order valence-corrected chi connectivity index (χ4v) is 1.37. The molecule has 0 aliphatic rings. The van der Waals surface area contributed by atoms with E-state index in [0.717, 1.165) is 5.56 Å². The summed E-state index contributed by atoms with van der Waals surface area (Å²) >= 11 is 5.40. The fourth-order valence-electron chi connectivity index (χ4n) is 1.20. The van der Waals surface area contributed by atoms with Crippen LogP contribution in [0.15, 0.2) is 24.5 Å². The van der Waals surface area contributed by atoms with E-state index >= 15 is 0 Å². The minimum atomic E-state index is -0.441. The number of nitrogens with zero attached hydrogens (tertiary/aromatic N) is 2. The molecule has 92 valence electrons. The molecule has 5 nitrogen and oxygen atoms in total. The van der Waals surface area contributed by atoms with E-state index in [2.05, 4.69) is 10.3 Å². The summed E-state index contributed by atoms with van der Waals surface area (Å²) in [5.74, 6) is -0.172. The lowest BCUT2D eigenvalue weighted by atomic mass is 10.3. The average molecular weight is 256 g/mol. The van der Waals surface area contributed by atoms with E-state index in [0.29, 0.717) is 6.54 Å². The highest BCUT2D eigenvalue weighted by Gasteiger charge is 2.12. The van der Waals surface area contributed by atoms with Gasteiger partial charge >= 0.3 is 6.03 Å². The molecule has 17 heavy (non-hydrogen) atoms. The number of carbonyl (C=O) groups excluding carboxylic acids is 2. The molecule has 0 radical (unpaired) electrons. The number of alkyl halides is 1. The molecule has 0 aromatic carbocycles. The summed E-state index contributed by atoms with van der Waals surface area (Å²) in [4.78, 5) is 28.1. The van der Waals surface area contributed by atoms with Crippen LogP contribution in [0, 0.1) is 0 Å². The predicted molar refractivity (Wildman–Crippen MR) is 64.6 cm³/mol. The van der Waals surface area contributed by atoms with Gasteiger partial charge in [-0.15, -0.1) is 11.6 Å². The van der Waals surface area contributed by atoms with E-state index in [9.17, 15) is 9.59 Å². The van der Waals surface area contributed by atoms with E-state index in [4.69, 9.17) is 11.6 Å². The van der Waals surface area contributed by atoms with E-state index in [-0.39, 0.29) is 18.2 Å². The highest BCUT2D eigenvalue weighted by Crippen LogP contribution is 2.00. The molecule has 1 aromatic heterocycles. The average Bonchev–Trinajstić information content (AvgIpc) is 2.30. The number of hydrogen-bond donors (Lipinski definition) is 1. The van der Waals surface area contributed by atoms with Crippen molar-refractivity contribution in [1.29, 1.82) is 0 Å². The predicted octanol–water partition coefficient (Wildman–Crippen LogP) is 1.38. The Bertz CT molecular complexity index is 384. The number of urea groups is 1. The zero-order valence-corrected chi connectivity index (χ0v) is 10.3. The van der Waals surface area contributed by atoms with Gasteiger partial charge in [0.2, 0.25) is 5.91 Å². The molecule has 0 aliphatic carbocycles. The molecule has 0 saturated heterocycles. The zero-order chi connectivity index (χ0) is 12.7. The van der Waals surface area contributed by atoms with Crippen LogP contribution in [-0.4, -0.2) is 34.7 Å². The summed E-state index contributed by atoms with van der Waals surface area (Å²) in [7, 11) is 1.61. The first kappa shape index (κ1) is 13.4. The second-order valence-electron chi connectivity index (χ2n) is 3.51. The lowest BCUT2D eigenvalue weighted by Crippen LogP contribution is -2.40. The molecule has 0 aliphatic heterocycles. The van der Waals surface area contributed by atoms with Crippen LogP contribution in [0.25, 0.3) is 0 Å². The van der Waals surface area contributed by atoms with Crippen LogP contribution in [0.1, 0.15) is 12.0 Å². The molecule has 3 amide bonds. The highest BCUT2D eigenvalue weighted by atomic mass is 35.5. The number of pyridine rings is 1. The maximum absolute atomic E-state index is 11.6. The first-order valence-corrected chi connectivity index (χ1v) is 5.66. The van der Waals surface area contributed by atoms with Crippen molar-refractivity contribution in [2.75, 3.05) is 12.9 Å². The Morgan fingerprint density at radius 3 is 2.88 bits per heavy atom. The van der Waals surface area contributed by atoms with E-state index < -0.39 is 6.03 Å². The van der Waals surface area contributed by atoms with Crippen LogP contribution in [0.3, 0.4) is 0 Å². The Morgan fingerprint density at radius 1 is 1.53 bits per heavy atom. The van der Waals surface area contributed by atoms with Gasteiger partial charge in [0.05, 0.1) is 0 Å². The van der Waals surface area contributed by atoms with Crippen LogP contribution in [0.2, 0.25) is 0 Å². The van der Waals surface area contributed by atoms with Crippen molar-refractivity contribution in [3.63, 3.8) is 0 Å². The number of imide groups is 1. The molecule has 1 rings (SSSR count). The van der Waals surface area contributed by atoms with Crippen LogP contribution < -0.4 is 5.32 Å². The Balaban J connectivity index is 2.45. The van der Waals surface area contributed by atoms with Crippen molar-refractivity contribution in [3.8, 4) is 0 Å². The smallest absolute Gasteiger partial charge is 0.323 e. The molecular formula is C11H14ClN3O2. The van der Waals surface area contributed by atoms with E-state index in [1.165, 1.54) is 4.90 Å². The monoisotopic (exact) mass is 255 g/mol. The quantitative estimate of drug-likeness (QED) is 0.827. The van der Waals surface area contributed by atoms with Gasteiger partial charge in [0.1, 0.15) is 0 Å². The zero-order valence-electron chi connectivity index (χ0n) is 9.52. The molecule has 0 saturated carbocycles. The van der Waals surface area contributed by atoms with Crippen molar-refractivity contribution in [1.82, 2.24) is 15.2 Å². The van der Waals surface area contributed by atoms with Gasteiger partial charge in [-0.2, -0.15) is 0 Å². The summed E-state index contributed by atoms with van der Waals surface area (Å²) in [6.45, 7) is 0.397. The van der Waals surface area contributed by atoms with Crippen molar-refractivity contribution in [2.24, 2.45) is 0 Å². The van der Waals surface area contributed by atoms with Gasteiger partial charge in [-0.05, 0) is 11.6 Å². The third-order valence-corrected chi connectivity index (χ3v) is 2.25. The van der Waals surface area contributed by atoms with Crippen LogP contribution >= 0.6 is 11.6 Å². The standard InChI is InChI=1S/C11H14ClN3O2/c1-15(8-9-3-2-6-13-7-9)11(17)14-10(16)4-5-12/h2-3,6-7H,4-5,8H2,1H3,(H,14,16,17). The number of hydrogen-bond acceptors (Lipinski definition) is 3. The van der Waals surface area contributed by atoms with Gasteiger partial charge in [-0.3, -0.25) is 15.1 Å². The Kier molecular flexibility index (Phi) is 5.42. The number of rotatable bonds is 4. The second kappa shape index (κ2) is 6.85. The third kappa shape index (κ3) is 4.82. The van der Waals surface area contributed by atoms with Gasteiger partial charge in [-0.25, -0.2) is 4.79 Å². The number of nitrogens with one attached hydrogen (secondary N) is 1.